The number of thiocarbonyl (C=S) groups is 1. The van der Waals surface area contributed by atoms with Crippen LogP contribution in [-0.4, -0.2) is 22.0 Å². The molecule has 2 nitrogen and oxygen atoms in total. The molecular weight excluding hydrogens is 216 g/mol. The first-order valence-corrected chi connectivity index (χ1v) is 6.30. The zero-order valence-electron chi connectivity index (χ0n) is 8.62. The summed E-state index contributed by atoms with van der Waals surface area (Å²) in [5, 5.41) is 0.268. The van der Waals surface area contributed by atoms with Crippen LogP contribution in [0.15, 0.2) is 0 Å². The Morgan fingerprint density at radius 2 is 2.50 bits per heavy atom. The highest BCUT2D eigenvalue weighted by Crippen LogP contribution is 2.31. The third-order valence-electron chi connectivity index (χ3n) is 2.46. The number of Topliss-reactive ketones (excluding diaryl/α,β-unsaturated/α-hetero) is 1. The van der Waals surface area contributed by atoms with E-state index in [1.165, 1.54) is 11.8 Å². The standard InChI is InChI=1S/C10H16O2S2/c1-3-12-10(13)14-7(2)8-5-4-6-9(8)11/h7-8H,3-6H2,1-2H3. The lowest BCUT2D eigenvalue weighted by Crippen LogP contribution is -2.20. The molecule has 0 aliphatic heterocycles. The van der Waals surface area contributed by atoms with E-state index in [1.807, 2.05) is 6.92 Å². The van der Waals surface area contributed by atoms with E-state index in [0.717, 1.165) is 19.3 Å². The summed E-state index contributed by atoms with van der Waals surface area (Å²) in [5.41, 5.74) is 0. The van der Waals surface area contributed by atoms with E-state index < -0.39 is 0 Å². The van der Waals surface area contributed by atoms with Crippen molar-refractivity contribution in [1.29, 1.82) is 0 Å². The maximum Gasteiger partial charge on any atom is 0.220 e. The molecule has 0 N–H and O–H groups in total. The van der Waals surface area contributed by atoms with Crippen LogP contribution in [0.5, 0.6) is 0 Å². The Morgan fingerprint density at radius 3 is 3.00 bits per heavy atom. The second kappa shape index (κ2) is 5.71. The van der Waals surface area contributed by atoms with Crippen molar-refractivity contribution in [3.63, 3.8) is 0 Å². The van der Waals surface area contributed by atoms with Crippen LogP contribution < -0.4 is 0 Å². The lowest BCUT2D eigenvalue weighted by molar-refractivity contribution is -0.120. The molecule has 0 radical (unpaired) electrons. The smallest absolute Gasteiger partial charge is 0.220 e. The second-order valence-corrected chi connectivity index (χ2v) is 5.45. The summed E-state index contributed by atoms with van der Waals surface area (Å²) in [6, 6.07) is 0. The Labute approximate surface area is 94.8 Å². The van der Waals surface area contributed by atoms with E-state index in [4.69, 9.17) is 17.0 Å². The van der Waals surface area contributed by atoms with Gasteiger partial charge in [-0.05, 0) is 32.0 Å². The van der Waals surface area contributed by atoms with E-state index in [9.17, 15) is 4.79 Å². The summed E-state index contributed by atoms with van der Waals surface area (Å²) < 4.78 is 5.76. The first-order valence-electron chi connectivity index (χ1n) is 5.01. The minimum atomic E-state index is 0.193. The molecule has 2 unspecified atom stereocenters. The van der Waals surface area contributed by atoms with Crippen LogP contribution in [0.25, 0.3) is 0 Å². The van der Waals surface area contributed by atoms with Crippen molar-refractivity contribution in [2.24, 2.45) is 5.92 Å². The molecule has 0 aromatic carbocycles. The van der Waals surface area contributed by atoms with E-state index in [1.54, 1.807) is 0 Å². The van der Waals surface area contributed by atoms with Crippen molar-refractivity contribution in [2.45, 2.75) is 38.4 Å². The summed E-state index contributed by atoms with van der Waals surface area (Å²) >= 11 is 6.55. The van der Waals surface area contributed by atoms with Gasteiger partial charge in [-0.2, -0.15) is 0 Å². The fraction of sp³-hybridized carbons (Fsp3) is 0.800. The molecule has 0 spiro atoms. The van der Waals surface area contributed by atoms with Gasteiger partial charge < -0.3 is 4.74 Å². The number of hydrogen-bond donors (Lipinski definition) is 0. The third-order valence-corrected chi connectivity index (χ3v) is 3.88. The van der Waals surface area contributed by atoms with Gasteiger partial charge in [0.05, 0.1) is 6.61 Å². The van der Waals surface area contributed by atoms with Crippen LogP contribution in [-0.2, 0) is 9.53 Å². The zero-order valence-corrected chi connectivity index (χ0v) is 10.2. The van der Waals surface area contributed by atoms with Crippen LogP contribution in [0.2, 0.25) is 0 Å². The Morgan fingerprint density at radius 1 is 1.79 bits per heavy atom. The molecule has 1 aliphatic rings. The fourth-order valence-electron chi connectivity index (χ4n) is 1.72. The molecular formula is C10H16O2S2. The van der Waals surface area contributed by atoms with Gasteiger partial charge in [-0.3, -0.25) is 4.79 Å². The molecule has 0 aromatic rings. The Hall–Kier alpha value is -0.0900. The van der Waals surface area contributed by atoms with Crippen LogP contribution in [0, 0.1) is 5.92 Å². The van der Waals surface area contributed by atoms with Gasteiger partial charge in [-0.1, -0.05) is 18.7 Å². The lowest BCUT2D eigenvalue weighted by Gasteiger charge is -2.16. The molecule has 14 heavy (non-hydrogen) atoms. The summed E-state index contributed by atoms with van der Waals surface area (Å²) in [7, 11) is 0. The Kier molecular flexibility index (Phi) is 4.89. The number of carbonyl (C=O) groups excluding carboxylic acids is 1. The van der Waals surface area contributed by atoms with Crippen LogP contribution in [0.3, 0.4) is 0 Å². The number of carbonyl (C=O) groups is 1. The normalized spacial score (nSPS) is 23.6. The summed E-state index contributed by atoms with van der Waals surface area (Å²) in [6.45, 7) is 4.58. The Bertz CT molecular complexity index is 228. The van der Waals surface area contributed by atoms with Gasteiger partial charge in [-0.15, -0.1) is 0 Å². The highest BCUT2D eigenvalue weighted by molar-refractivity contribution is 8.23. The van der Waals surface area contributed by atoms with E-state index >= 15 is 0 Å². The number of hydrogen-bond acceptors (Lipinski definition) is 4. The predicted molar refractivity (Wildman–Crippen MR) is 63.6 cm³/mol. The highest BCUT2D eigenvalue weighted by Gasteiger charge is 2.30. The van der Waals surface area contributed by atoms with Gasteiger partial charge in [0.1, 0.15) is 5.78 Å². The summed E-state index contributed by atoms with van der Waals surface area (Å²) in [5.74, 6) is 0.586. The quantitative estimate of drug-likeness (QED) is 0.699. The minimum Gasteiger partial charge on any atom is -0.479 e. The Balaban J connectivity index is 2.37. The monoisotopic (exact) mass is 232 g/mol. The fourth-order valence-corrected chi connectivity index (χ4v) is 3.24. The average molecular weight is 232 g/mol. The molecule has 1 aliphatic carbocycles. The van der Waals surface area contributed by atoms with Crippen LogP contribution in [0.1, 0.15) is 33.1 Å². The molecule has 2 atom stereocenters. The molecule has 1 rings (SSSR count). The van der Waals surface area contributed by atoms with Crippen molar-refractivity contribution in [3.8, 4) is 0 Å². The molecule has 80 valence electrons. The van der Waals surface area contributed by atoms with Crippen molar-refractivity contribution in [2.75, 3.05) is 6.61 Å². The van der Waals surface area contributed by atoms with Gasteiger partial charge in [-0.25, -0.2) is 0 Å². The lowest BCUT2D eigenvalue weighted by atomic mass is 10.0. The topological polar surface area (TPSA) is 26.3 Å². The van der Waals surface area contributed by atoms with Crippen molar-refractivity contribution in [1.82, 2.24) is 0 Å². The first-order chi connectivity index (χ1) is 6.65. The molecule has 0 heterocycles. The first kappa shape index (κ1) is 12.0. The van der Waals surface area contributed by atoms with Crippen molar-refractivity contribution in [3.05, 3.63) is 0 Å². The summed E-state index contributed by atoms with van der Waals surface area (Å²) in [6.07, 6.45) is 2.80. The highest BCUT2D eigenvalue weighted by atomic mass is 32.2. The molecule has 0 saturated heterocycles. The van der Waals surface area contributed by atoms with E-state index in [0.29, 0.717) is 16.8 Å². The molecule has 0 amide bonds. The largest absolute Gasteiger partial charge is 0.479 e. The predicted octanol–water partition coefficient (Wildman–Crippen LogP) is 2.80. The maximum absolute atomic E-state index is 11.5. The number of thioether (sulfide) groups is 1. The van der Waals surface area contributed by atoms with Gasteiger partial charge in [0.15, 0.2) is 0 Å². The molecule has 1 saturated carbocycles. The number of ether oxygens (including phenoxy) is 1. The van der Waals surface area contributed by atoms with Gasteiger partial charge in [0, 0.05) is 17.6 Å². The van der Waals surface area contributed by atoms with Crippen LogP contribution >= 0.6 is 24.0 Å². The molecule has 1 fully saturated rings. The minimum absolute atomic E-state index is 0.193. The second-order valence-electron chi connectivity index (χ2n) is 3.47. The van der Waals surface area contributed by atoms with Crippen molar-refractivity contribution >= 4 is 34.1 Å². The third kappa shape index (κ3) is 3.24. The number of rotatable bonds is 3. The SMILES string of the molecule is CCOC(=S)SC(C)C1CCCC1=O. The zero-order chi connectivity index (χ0) is 10.6. The van der Waals surface area contributed by atoms with Gasteiger partial charge in [0.2, 0.25) is 4.38 Å². The molecule has 0 bridgehead atoms. The molecule has 0 aromatic heterocycles. The van der Waals surface area contributed by atoms with Gasteiger partial charge in [0.25, 0.3) is 0 Å². The number of ketones is 1. The molecule has 4 heteroatoms. The maximum atomic E-state index is 11.5. The van der Waals surface area contributed by atoms with Crippen LogP contribution in [0.4, 0.5) is 0 Å². The van der Waals surface area contributed by atoms with Crippen molar-refractivity contribution < 1.29 is 9.53 Å². The average Bonchev–Trinajstić information content (AvgIpc) is 2.51. The summed E-state index contributed by atoms with van der Waals surface area (Å²) in [4.78, 5) is 11.5. The van der Waals surface area contributed by atoms with Gasteiger partial charge >= 0.3 is 0 Å². The van der Waals surface area contributed by atoms with E-state index in [2.05, 4.69) is 6.92 Å². The van der Waals surface area contributed by atoms with E-state index in [-0.39, 0.29) is 11.2 Å².